The highest BCUT2D eigenvalue weighted by atomic mass is 35.5. The Labute approximate surface area is 178 Å². The second-order valence-electron chi connectivity index (χ2n) is 5.99. The molecule has 142 valence electrons. The van der Waals surface area contributed by atoms with E-state index < -0.39 is 0 Å². The van der Waals surface area contributed by atoms with Gasteiger partial charge in [-0.15, -0.1) is 11.8 Å². The molecule has 0 aliphatic carbocycles. The van der Waals surface area contributed by atoms with Crippen LogP contribution in [-0.4, -0.2) is 17.4 Å². The minimum absolute atomic E-state index is 0.161. The lowest BCUT2D eigenvalue weighted by molar-refractivity contribution is -0.115. The van der Waals surface area contributed by atoms with Crippen LogP contribution in [-0.2, 0) is 4.79 Å². The van der Waals surface area contributed by atoms with Gasteiger partial charge in [0.15, 0.2) is 5.78 Å². The molecule has 0 aliphatic rings. The molecule has 0 saturated heterocycles. The van der Waals surface area contributed by atoms with Gasteiger partial charge in [-0.25, -0.2) is 0 Å². The number of carbonyl (C=O) groups excluding carboxylic acids is 2. The molecule has 0 saturated carbocycles. The maximum Gasteiger partial charge on any atom is 0.225 e. The largest absolute Gasteiger partial charge is 0.325 e. The summed E-state index contributed by atoms with van der Waals surface area (Å²) in [5.41, 5.74) is 1.37. The molecule has 3 nitrogen and oxygen atoms in total. The summed E-state index contributed by atoms with van der Waals surface area (Å²) in [7, 11) is 0. The van der Waals surface area contributed by atoms with E-state index in [0.717, 1.165) is 4.90 Å². The monoisotopic (exact) mass is 429 g/mol. The lowest BCUT2D eigenvalue weighted by Crippen LogP contribution is -2.15. The van der Waals surface area contributed by atoms with E-state index in [1.165, 1.54) is 0 Å². The Hall–Kier alpha value is -2.27. The van der Waals surface area contributed by atoms with Gasteiger partial charge in [0.2, 0.25) is 5.91 Å². The Balaban J connectivity index is 1.65. The van der Waals surface area contributed by atoms with Gasteiger partial charge >= 0.3 is 0 Å². The van der Waals surface area contributed by atoms with E-state index in [4.69, 9.17) is 23.2 Å². The van der Waals surface area contributed by atoms with Crippen molar-refractivity contribution in [1.29, 1.82) is 0 Å². The highest BCUT2D eigenvalue weighted by molar-refractivity contribution is 7.99. The summed E-state index contributed by atoms with van der Waals surface area (Å²) in [5.74, 6) is 0.267. The topological polar surface area (TPSA) is 46.2 Å². The van der Waals surface area contributed by atoms with E-state index >= 15 is 0 Å². The summed E-state index contributed by atoms with van der Waals surface area (Å²) in [6.07, 6.45) is 0.314. The molecule has 0 radical (unpaired) electrons. The number of hydrogen-bond acceptors (Lipinski definition) is 3. The number of halogens is 2. The number of hydrogen-bond donors (Lipinski definition) is 1. The third-order valence-electron chi connectivity index (χ3n) is 3.95. The summed E-state index contributed by atoms with van der Waals surface area (Å²) in [5, 5.41) is 3.95. The second kappa shape index (κ2) is 9.78. The van der Waals surface area contributed by atoms with E-state index in [0.29, 0.717) is 39.0 Å². The summed E-state index contributed by atoms with van der Waals surface area (Å²) < 4.78 is 0. The number of thioether (sulfide) groups is 1. The average molecular weight is 430 g/mol. The van der Waals surface area contributed by atoms with Gasteiger partial charge in [-0.2, -0.15) is 0 Å². The average Bonchev–Trinajstić information content (AvgIpc) is 2.71. The molecule has 0 fully saturated rings. The minimum Gasteiger partial charge on any atom is -0.325 e. The number of amides is 1. The predicted octanol–water partition coefficient (Wildman–Crippen LogP) is 6.35. The molecule has 0 unspecified atom stereocenters. The van der Waals surface area contributed by atoms with E-state index in [1.807, 2.05) is 30.3 Å². The molecule has 3 aromatic carbocycles. The number of ketones is 1. The van der Waals surface area contributed by atoms with Gasteiger partial charge in [-0.3, -0.25) is 9.59 Å². The zero-order valence-corrected chi connectivity index (χ0v) is 17.2. The van der Waals surface area contributed by atoms with Crippen molar-refractivity contribution in [2.75, 3.05) is 11.1 Å². The molecular weight excluding hydrogens is 413 g/mol. The quantitative estimate of drug-likeness (QED) is 0.351. The van der Waals surface area contributed by atoms with Crippen LogP contribution in [0.15, 0.2) is 77.7 Å². The number of rotatable bonds is 7. The molecule has 3 aromatic rings. The fraction of sp³-hybridized carbons (Fsp3) is 0.0909. The molecule has 0 aromatic heterocycles. The Morgan fingerprint density at radius 2 is 1.54 bits per heavy atom. The van der Waals surface area contributed by atoms with E-state index in [2.05, 4.69) is 5.32 Å². The number of carbonyl (C=O) groups is 2. The SMILES string of the molecule is O=C(CCSc1ccc(Cl)cc1)Nc1ccc(Cl)cc1C(=O)c1ccccc1. The van der Waals surface area contributed by atoms with Crippen LogP contribution in [0.3, 0.4) is 0 Å². The van der Waals surface area contributed by atoms with Crippen molar-refractivity contribution in [3.8, 4) is 0 Å². The molecule has 0 aliphatic heterocycles. The molecular formula is C22H17Cl2NO2S. The first-order chi connectivity index (χ1) is 13.5. The Bertz CT molecular complexity index is 976. The molecule has 0 bridgehead atoms. The van der Waals surface area contributed by atoms with Crippen LogP contribution in [0.5, 0.6) is 0 Å². The van der Waals surface area contributed by atoms with E-state index in [1.54, 1.807) is 54.2 Å². The van der Waals surface area contributed by atoms with Crippen LogP contribution >= 0.6 is 35.0 Å². The van der Waals surface area contributed by atoms with Crippen LogP contribution < -0.4 is 5.32 Å². The zero-order chi connectivity index (χ0) is 19.9. The molecule has 3 rings (SSSR count). The molecule has 1 N–H and O–H groups in total. The van der Waals surface area contributed by atoms with Crippen molar-refractivity contribution in [2.45, 2.75) is 11.3 Å². The van der Waals surface area contributed by atoms with Crippen molar-refractivity contribution < 1.29 is 9.59 Å². The zero-order valence-electron chi connectivity index (χ0n) is 14.8. The smallest absolute Gasteiger partial charge is 0.225 e. The van der Waals surface area contributed by atoms with Crippen molar-refractivity contribution in [3.05, 3.63) is 94.0 Å². The normalized spacial score (nSPS) is 10.5. The summed E-state index contributed by atoms with van der Waals surface area (Å²) in [4.78, 5) is 26.2. The van der Waals surface area contributed by atoms with Gasteiger partial charge in [-0.05, 0) is 42.5 Å². The van der Waals surface area contributed by atoms with Crippen LogP contribution in [0, 0.1) is 0 Å². The third-order valence-corrected chi connectivity index (χ3v) is 5.45. The molecule has 1 amide bonds. The molecule has 0 spiro atoms. The molecule has 0 heterocycles. The fourth-order valence-corrected chi connectivity index (χ4v) is 3.71. The van der Waals surface area contributed by atoms with Gasteiger partial charge in [-0.1, -0.05) is 53.5 Å². The van der Waals surface area contributed by atoms with Gasteiger partial charge in [0.1, 0.15) is 0 Å². The third kappa shape index (κ3) is 5.61. The molecule has 6 heteroatoms. The number of benzene rings is 3. The Morgan fingerprint density at radius 1 is 0.857 bits per heavy atom. The summed E-state index contributed by atoms with van der Waals surface area (Å²) in [6, 6.07) is 21.3. The van der Waals surface area contributed by atoms with Gasteiger partial charge in [0.05, 0.1) is 5.69 Å². The molecule has 28 heavy (non-hydrogen) atoms. The van der Waals surface area contributed by atoms with Crippen LogP contribution in [0.4, 0.5) is 5.69 Å². The fourth-order valence-electron chi connectivity index (χ4n) is 2.56. The standard InChI is InChI=1S/C22H17Cl2NO2S/c23-16-6-9-18(10-7-16)28-13-12-21(26)25-20-11-8-17(24)14-19(20)22(27)15-4-2-1-3-5-15/h1-11,14H,12-13H2,(H,25,26). The van der Waals surface area contributed by atoms with Crippen molar-refractivity contribution in [2.24, 2.45) is 0 Å². The van der Waals surface area contributed by atoms with E-state index in [-0.39, 0.29) is 11.7 Å². The van der Waals surface area contributed by atoms with Crippen molar-refractivity contribution >= 4 is 52.3 Å². The molecule has 0 atom stereocenters. The number of anilines is 1. The first-order valence-corrected chi connectivity index (χ1v) is 10.3. The minimum atomic E-state index is -0.186. The highest BCUT2D eigenvalue weighted by Crippen LogP contribution is 2.25. The van der Waals surface area contributed by atoms with Crippen LogP contribution in [0.25, 0.3) is 0 Å². The lowest BCUT2D eigenvalue weighted by Gasteiger charge is -2.11. The second-order valence-corrected chi connectivity index (χ2v) is 8.03. The first kappa shape index (κ1) is 20.5. The predicted molar refractivity (Wildman–Crippen MR) is 117 cm³/mol. The Kier molecular flexibility index (Phi) is 7.15. The van der Waals surface area contributed by atoms with Gasteiger partial charge in [0, 0.05) is 38.2 Å². The van der Waals surface area contributed by atoms with Crippen molar-refractivity contribution in [3.63, 3.8) is 0 Å². The van der Waals surface area contributed by atoms with Gasteiger partial charge < -0.3 is 5.32 Å². The summed E-state index contributed by atoms with van der Waals surface area (Å²) >= 11 is 13.5. The van der Waals surface area contributed by atoms with Crippen LogP contribution in [0.2, 0.25) is 10.0 Å². The number of nitrogens with one attached hydrogen (secondary N) is 1. The van der Waals surface area contributed by atoms with Crippen LogP contribution in [0.1, 0.15) is 22.3 Å². The first-order valence-electron chi connectivity index (χ1n) is 8.60. The van der Waals surface area contributed by atoms with Crippen molar-refractivity contribution in [1.82, 2.24) is 0 Å². The lowest BCUT2D eigenvalue weighted by atomic mass is 10.0. The van der Waals surface area contributed by atoms with Gasteiger partial charge in [0.25, 0.3) is 0 Å². The highest BCUT2D eigenvalue weighted by Gasteiger charge is 2.16. The summed E-state index contributed by atoms with van der Waals surface area (Å²) in [6.45, 7) is 0. The maximum absolute atomic E-state index is 12.8. The van der Waals surface area contributed by atoms with E-state index in [9.17, 15) is 9.59 Å². The Morgan fingerprint density at radius 3 is 2.25 bits per heavy atom. The maximum atomic E-state index is 12.8.